The molecule has 5 nitrogen and oxygen atoms in total. The SMILES string of the molecule is CN(Cc1cccc(F)c1)C(=O)CC1(CC(=O)Nc2nccs2)CCCCC1. The molecule has 1 aromatic heterocycles. The van der Waals surface area contributed by atoms with Crippen molar-refractivity contribution in [3.63, 3.8) is 0 Å². The Morgan fingerprint density at radius 2 is 2.04 bits per heavy atom. The summed E-state index contributed by atoms with van der Waals surface area (Å²) in [6.45, 7) is 0.359. The van der Waals surface area contributed by atoms with Crippen molar-refractivity contribution >= 4 is 28.3 Å². The fourth-order valence-electron chi connectivity index (χ4n) is 3.96. The Morgan fingerprint density at radius 3 is 2.71 bits per heavy atom. The fourth-order valence-corrected chi connectivity index (χ4v) is 4.51. The van der Waals surface area contributed by atoms with Gasteiger partial charge >= 0.3 is 0 Å². The Kier molecular flexibility index (Phi) is 6.78. The first-order valence-corrected chi connectivity index (χ1v) is 10.5. The Labute approximate surface area is 169 Å². The van der Waals surface area contributed by atoms with E-state index in [9.17, 15) is 14.0 Å². The molecular weight excluding hydrogens is 377 g/mol. The van der Waals surface area contributed by atoms with Crippen molar-refractivity contribution in [2.24, 2.45) is 5.41 Å². The summed E-state index contributed by atoms with van der Waals surface area (Å²) in [5.41, 5.74) is 0.447. The summed E-state index contributed by atoms with van der Waals surface area (Å²) in [6, 6.07) is 6.30. The average Bonchev–Trinajstić information content (AvgIpc) is 3.15. The average molecular weight is 404 g/mol. The highest BCUT2D eigenvalue weighted by molar-refractivity contribution is 7.13. The number of hydrogen-bond acceptors (Lipinski definition) is 4. The second-order valence-corrected chi connectivity index (χ2v) is 8.57. The lowest BCUT2D eigenvalue weighted by atomic mass is 9.69. The van der Waals surface area contributed by atoms with Crippen molar-refractivity contribution in [3.05, 3.63) is 47.2 Å². The maximum atomic E-state index is 13.4. The van der Waals surface area contributed by atoms with E-state index in [0.717, 1.165) is 37.7 Å². The van der Waals surface area contributed by atoms with Crippen molar-refractivity contribution in [3.8, 4) is 0 Å². The predicted octanol–water partition coefficient (Wildman–Crippen LogP) is 4.61. The van der Waals surface area contributed by atoms with Crippen LogP contribution in [0, 0.1) is 11.2 Å². The minimum absolute atomic E-state index is 0.00629. The number of halogens is 1. The van der Waals surface area contributed by atoms with Gasteiger partial charge in [0.05, 0.1) is 0 Å². The summed E-state index contributed by atoms with van der Waals surface area (Å²) >= 11 is 1.38. The zero-order chi connectivity index (χ0) is 20.0. The lowest BCUT2D eigenvalue weighted by Gasteiger charge is -2.37. The molecule has 1 heterocycles. The van der Waals surface area contributed by atoms with E-state index < -0.39 is 0 Å². The van der Waals surface area contributed by atoms with Crippen molar-refractivity contribution in [1.82, 2.24) is 9.88 Å². The number of anilines is 1. The molecule has 0 aliphatic heterocycles. The van der Waals surface area contributed by atoms with Crippen LogP contribution in [-0.4, -0.2) is 28.7 Å². The maximum Gasteiger partial charge on any atom is 0.226 e. The van der Waals surface area contributed by atoms with Gasteiger partial charge in [0.15, 0.2) is 5.13 Å². The Bertz CT molecular complexity index is 804. The number of nitrogens with one attached hydrogen (secondary N) is 1. The zero-order valence-corrected chi connectivity index (χ0v) is 16.9. The molecule has 150 valence electrons. The maximum absolute atomic E-state index is 13.4. The highest BCUT2D eigenvalue weighted by Gasteiger charge is 2.37. The topological polar surface area (TPSA) is 62.3 Å². The molecule has 7 heteroatoms. The van der Waals surface area contributed by atoms with E-state index in [4.69, 9.17) is 0 Å². The van der Waals surface area contributed by atoms with Gasteiger partial charge in [-0.2, -0.15) is 0 Å². The molecule has 0 spiro atoms. The molecule has 1 aliphatic carbocycles. The van der Waals surface area contributed by atoms with E-state index in [0.29, 0.717) is 24.5 Å². The molecule has 0 radical (unpaired) electrons. The molecular formula is C21H26FN3O2S. The lowest BCUT2D eigenvalue weighted by Crippen LogP contribution is -2.37. The number of aromatic nitrogens is 1. The second-order valence-electron chi connectivity index (χ2n) is 7.68. The van der Waals surface area contributed by atoms with Crippen LogP contribution in [0.3, 0.4) is 0 Å². The third-order valence-corrected chi connectivity index (χ3v) is 6.08. The van der Waals surface area contributed by atoms with Crippen LogP contribution in [0.25, 0.3) is 0 Å². The first-order chi connectivity index (χ1) is 13.5. The molecule has 1 fully saturated rings. The van der Waals surface area contributed by atoms with Gasteiger partial charge in [0.2, 0.25) is 11.8 Å². The number of carbonyl (C=O) groups is 2. The van der Waals surface area contributed by atoms with Crippen molar-refractivity contribution < 1.29 is 14.0 Å². The van der Waals surface area contributed by atoms with Crippen molar-refractivity contribution in [2.45, 2.75) is 51.5 Å². The van der Waals surface area contributed by atoms with Crippen LogP contribution in [0.4, 0.5) is 9.52 Å². The molecule has 0 atom stereocenters. The molecule has 1 aliphatic rings. The van der Waals surface area contributed by atoms with Crippen molar-refractivity contribution in [2.75, 3.05) is 12.4 Å². The van der Waals surface area contributed by atoms with Gasteiger partial charge in [-0.05, 0) is 36.0 Å². The lowest BCUT2D eigenvalue weighted by molar-refractivity contribution is -0.134. The first kappa shape index (κ1) is 20.5. The Morgan fingerprint density at radius 1 is 1.25 bits per heavy atom. The molecule has 2 aromatic rings. The van der Waals surface area contributed by atoms with Gasteiger partial charge in [-0.3, -0.25) is 9.59 Å². The van der Waals surface area contributed by atoms with Crippen LogP contribution in [0.5, 0.6) is 0 Å². The van der Waals surface area contributed by atoms with Crippen LogP contribution in [0.1, 0.15) is 50.5 Å². The molecule has 1 N–H and O–H groups in total. The highest BCUT2D eigenvalue weighted by Crippen LogP contribution is 2.43. The van der Waals surface area contributed by atoms with Crippen LogP contribution in [-0.2, 0) is 16.1 Å². The normalized spacial score (nSPS) is 15.8. The smallest absolute Gasteiger partial charge is 0.226 e. The minimum atomic E-state index is -0.313. The first-order valence-electron chi connectivity index (χ1n) is 9.64. The molecule has 3 rings (SSSR count). The van der Waals surface area contributed by atoms with E-state index in [-0.39, 0.29) is 23.0 Å². The number of carbonyl (C=O) groups excluding carboxylic acids is 2. The summed E-state index contributed by atoms with van der Waals surface area (Å²) in [7, 11) is 1.74. The summed E-state index contributed by atoms with van der Waals surface area (Å²) in [5.74, 6) is -0.397. The number of benzene rings is 1. The van der Waals surface area contributed by atoms with Crippen molar-refractivity contribution in [1.29, 1.82) is 0 Å². The third kappa shape index (κ3) is 5.61. The molecule has 0 saturated heterocycles. The monoisotopic (exact) mass is 403 g/mol. The van der Waals surface area contributed by atoms with E-state index in [2.05, 4.69) is 10.3 Å². The molecule has 0 bridgehead atoms. The third-order valence-electron chi connectivity index (χ3n) is 5.39. The minimum Gasteiger partial charge on any atom is -0.341 e. The van der Waals surface area contributed by atoms with Gasteiger partial charge in [0.25, 0.3) is 0 Å². The van der Waals surface area contributed by atoms with E-state index >= 15 is 0 Å². The second kappa shape index (κ2) is 9.28. The molecule has 0 unspecified atom stereocenters. The number of hydrogen-bond donors (Lipinski definition) is 1. The van der Waals surface area contributed by atoms with Gasteiger partial charge in [0.1, 0.15) is 5.82 Å². The number of rotatable bonds is 7. The van der Waals surface area contributed by atoms with Gasteiger partial charge in [-0.1, -0.05) is 31.4 Å². The van der Waals surface area contributed by atoms with Gasteiger partial charge in [0, 0.05) is 38.0 Å². The van der Waals surface area contributed by atoms with E-state index in [1.54, 1.807) is 24.2 Å². The van der Waals surface area contributed by atoms with Crippen LogP contribution >= 0.6 is 11.3 Å². The quantitative estimate of drug-likeness (QED) is 0.734. The molecule has 2 amide bonds. The number of nitrogens with zero attached hydrogens (tertiary/aromatic N) is 2. The number of amides is 2. The van der Waals surface area contributed by atoms with Crippen LogP contribution < -0.4 is 5.32 Å². The van der Waals surface area contributed by atoms with Gasteiger partial charge in [-0.15, -0.1) is 11.3 Å². The van der Waals surface area contributed by atoms with Gasteiger partial charge < -0.3 is 10.2 Å². The highest BCUT2D eigenvalue weighted by atomic mass is 32.1. The zero-order valence-electron chi connectivity index (χ0n) is 16.1. The van der Waals surface area contributed by atoms with Crippen LogP contribution in [0.15, 0.2) is 35.8 Å². The molecule has 1 saturated carbocycles. The molecule has 28 heavy (non-hydrogen) atoms. The van der Waals surface area contributed by atoms with E-state index in [1.165, 1.54) is 23.5 Å². The Balaban J connectivity index is 1.63. The fraction of sp³-hybridized carbons (Fsp3) is 0.476. The molecule has 1 aromatic carbocycles. The summed E-state index contributed by atoms with van der Waals surface area (Å²) in [5, 5.41) is 5.25. The Hall–Kier alpha value is -2.28. The predicted molar refractivity (Wildman–Crippen MR) is 108 cm³/mol. The van der Waals surface area contributed by atoms with Crippen LogP contribution in [0.2, 0.25) is 0 Å². The van der Waals surface area contributed by atoms with Gasteiger partial charge in [-0.25, -0.2) is 9.37 Å². The largest absolute Gasteiger partial charge is 0.341 e. The summed E-state index contributed by atoms with van der Waals surface area (Å²) in [4.78, 5) is 31.2. The summed E-state index contributed by atoms with van der Waals surface area (Å²) in [6.07, 6.45) is 7.27. The standard InChI is InChI=1S/C21H26FN3O2S/c1-25(15-16-6-5-7-17(22)12-16)19(27)14-21(8-3-2-4-9-21)13-18(26)24-20-23-10-11-28-20/h5-7,10-12H,2-4,8-9,13-15H2,1H3,(H,23,24,26). The number of thiazole rings is 1. The summed E-state index contributed by atoms with van der Waals surface area (Å²) < 4.78 is 13.4. The van der Waals surface area contributed by atoms with E-state index in [1.807, 2.05) is 11.4 Å².